The SMILES string of the molecule is CCOC(=O)c1ccc(NC(=O)C2CC(=O)N(c3ccc(F)c(Cl)c3)C2)cc1. The van der Waals surface area contributed by atoms with Gasteiger partial charge in [-0.15, -0.1) is 0 Å². The number of anilines is 2. The lowest BCUT2D eigenvalue weighted by Crippen LogP contribution is -2.28. The number of hydrogen-bond acceptors (Lipinski definition) is 4. The topological polar surface area (TPSA) is 75.7 Å². The van der Waals surface area contributed by atoms with Crippen LogP contribution in [0.2, 0.25) is 5.02 Å². The smallest absolute Gasteiger partial charge is 0.338 e. The Morgan fingerprint density at radius 1 is 1.25 bits per heavy atom. The molecule has 1 unspecified atom stereocenters. The maximum absolute atomic E-state index is 13.3. The molecular formula is C20H18ClFN2O4. The van der Waals surface area contributed by atoms with Gasteiger partial charge in [-0.2, -0.15) is 0 Å². The summed E-state index contributed by atoms with van der Waals surface area (Å²) < 4.78 is 18.2. The largest absolute Gasteiger partial charge is 0.462 e. The van der Waals surface area contributed by atoms with Crippen LogP contribution in [0.25, 0.3) is 0 Å². The van der Waals surface area contributed by atoms with Gasteiger partial charge in [0.1, 0.15) is 5.82 Å². The maximum Gasteiger partial charge on any atom is 0.338 e. The number of halogens is 2. The summed E-state index contributed by atoms with van der Waals surface area (Å²) in [6.07, 6.45) is 0.0434. The van der Waals surface area contributed by atoms with Crippen molar-refractivity contribution in [3.8, 4) is 0 Å². The van der Waals surface area contributed by atoms with E-state index < -0.39 is 17.7 Å². The van der Waals surface area contributed by atoms with E-state index in [1.54, 1.807) is 31.2 Å². The van der Waals surface area contributed by atoms with E-state index in [1.807, 2.05) is 0 Å². The van der Waals surface area contributed by atoms with Crippen LogP contribution in [-0.4, -0.2) is 30.9 Å². The number of rotatable bonds is 5. The molecule has 2 amide bonds. The first kappa shape index (κ1) is 19.8. The number of nitrogens with one attached hydrogen (secondary N) is 1. The van der Waals surface area contributed by atoms with E-state index in [0.29, 0.717) is 16.9 Å². The van der Waals surface area contributed by atoms with Crippen molar-refractivity contribution in [1.82, 2.24) is 0 Å². The fourth-order valence-corrected chi connectivity index (χ4v) is 3.11. The third-order valence-electron chi connectivity index (χ3n) is 4.37. The standard InChI is InChI=1S/C20H18ClFN2O4/c1-2-28-20(27)12-3-5-14(6-4-12)23-19(26)13-9-18(25)24(11-13)15-7-8-17(22)16(21)10-15/h3-8,10,13H,2,9,11H2,1H3,(H,23,26). The number of nitrogens with zero attached hydrogens (tertiary/aromatic N) is 1. The van der Waals surface area contributed by atoms with Gasteiger partial charge in [-0.1, -0.05) is 11.6 Å². The number of hydrogen-bond donors (Lipinski definition) is 1. The summed E-state index contributed by atoms with van der Waals surface area (Å²) in [6, 6.07) is 10.3. The first-order valence-electron chi connectivity index (χ1n) is 8.72. The summed E-state index contributed by atoms with van der Waals surface area (Å²) in [7, 11) is 0. The highest BCUT2D eigenvalue weighted by Gasteiger charge is 2.35. The Labute approximate surface area is 166 Å². The molecule has 1 fully saturated rings. The van der Waals surface area contributed by atoms with E-state index in [0.717, 1.165) is 0 Å². The summed E-state index contributed by atoms with van der Waals surface area (Å²) in [5.74, 6) is -2.11. The van der Waals surface area contributed by atoms with Crippen molar-refractivity contribution in [1.29, 1.82) is 0 Å². The van der Waals surface area contributed by atoms with Crippen molar-refractivity contribution in [2.24, 2.45) is 5.92 Å². The summed E-state index contributed by atoms with van der Waals surface area (Å²) in [5.41, 5.74) is 1.34. The molecule has 1 saturated heterocycles. The summed E-state index contributed by atoms with van der Waals surface area (Å²) >= 11 is 5.78. The molecule has 0 saturated carbocycles. The molecule has 2 aromatic carbocycles. The monoisotopic (exact) mass is 404 g/mol. The normalized spacial score (nSPS) is 16.2. The second-order valence-corrected chi connectivity index (χ2v) is 6.70. The Balaban J connectivity index is 1.64. The van der Waals surface area contributed by atoms with E-state index in [9.17, 15) is 18.8 Å². The van der Waals surface area contributed by atoms with Gasteiger partial charge in [-0.05, 0) is 49.4 Å². The lowest BCUT2D eigenvalue weighted by Gasteiger charge is -2.17. The van der Waals surface area contributed by atoms with Gasteiger partial charge in [-0.25, -0.2) is 9.18 Å². The molecule has 3 rings (SSSR count). The van der Waals surface area contributed by atoms with Gasteiger partial charge in [0.2, 0.25) is 11.8 Å². The average molecular weight is 405 g/mol. The maximum atomic E-state index is 13.3. The van der Waals surface area contributed by atoms with Gasteiger partial charge in [0.15, 0.2) is 0 Å². The molecule has 6 nitrogen and oxygen atoms in total. The molecule has 146 valence electrons. The highest BCUT2D eigenvalue weighted by Crippen LogP contribution is 2.29. The zero-order chi connectivity index (χ0) is 20.3. The quantitative estimate of drug-likeness (QED) is 0.772. The fourth-order valence-electron chi connectivity index (χ4n) is 2.93. The summed E-state index contributed by atoms with van der Waals surface area (Å²) in [5, 5.41) is 2.66. The minimum atomic E-state index is -0.572. The number of esters is 1. The summed E-state index contributed by atoms with van der Waals surface area (Å²) in [4.78, 5) is 37.9. The van der Waals surface area contributed by atoms with Gasteiger partial charge in [0.25, 0.3) is 0 Å². The molecule has 0 aromatic heterocycles. The minimum Gasteiger partial charge on any atom is -0.462 e. The Bertz CT molecular complexity index is 917. The molecule has 8 heteroatoms. The van der Waals surface area contributed by atoms with Crippen molar-refractivity contribution in [2.75, 3.05) is 23.4 Å². The highest BCUT2D eigenvalue weighted by molar-refractivity contribution is 6.31. The van der Waals surface area contributed by atoms with Crippen molar-refractivity contribution < 1.29 is 23.5 Å². The summed E-state index contributed by atoms with van der Waals surface area (Å²) in [6.45, 7) is 2.18. The van der Waals surface area contributed by atoms with Crippen LogP contribution in [0, 0.1) is 11.7 Å². The second kappa shape index (κ2) is 8.39. The zero-order valence-electron chi connectivity index (χ0n) is 15.1. The van der Waals surface area contributed by atoms with Gasteiger partial charge in [0.05, 0.1) is 23.1 Å². The first-order valence-corrected chi connectivity index (χ1v) is 9.10. The molecule has 1 heterocycles. The molecule has 2 aromatic rings. The van der Waals surface area contributed by atoms with Crippen molar-refractivity contribution in [3.63, 3.8) is 0 Å². The molecule has 1 aliphatic heterocycles. The number of ether oxygens (including phenoxy) is 1. The van der Waals surface area contributed by atoms with Gasteiger partial charge in [0, 0.05) is 24.3 Å². The van der Waals surface area contributed by atoms with Crippen LogP contribution in [0.15, 0.2) is 42.5 Å². The van der Waals surface area contributed by atoms with E-state index in [1.165, 1.54) is 23.1 Å². The molecule has 0 spiro atoms. The third-order valence-corrected chi connectivity index (χ3v) is 4.66. The molecule has 1 aliphatic rings. The van der Waals surface area contributed by atoms with E-state index >= 15 is 0 Å². The lowest BCUT2D eigenvalue weighted by molar-refractivity contribution is -0.122. The van der Waals surface area contributed by atoms with Crippen molar-refractivity contribution in [2.45, 2.75) is 13.3 Å². The van der Waals surface area contributed by atoms with Gasteiger partial charge < -0.3 is 15.0 Å². The molecule has 0 bridgehead atoms. The van der Waals surface area contributed by atoms with E-state index in [2.05, 4.69) is 5.32 Å². The Morgan fingerprint density at radius 2 is 1.96 bits per heavy atom. The second-order valence-electron chi connectivity index (χ2n) is 6.29. The Morgan fingerprint density at radius 3 is 2.61 bits per heavy atom. The molecular weight excluding hydrogens is 387 g/mol. The number of carbonyl (C=O) groups excluding carboxylic acids is 3. The van der Waals surface area contributed by atoms with Crippen LogP contribution in [0.5, 0.6) is 0 Å². The van der Waals surface area contributed by atoms with Crippen LogP contribution in [0.4, 0.5) is 15.8 Å². The first-order chi connectivity index (χ1) is 13.4. The van der Waals surface area contributed by atoms with Crippen molar-refractivity contribution in [3.05, 3.63) is 58.9 Å². The van der Waals surface area contributed by atoms with E-state index in [4.69, 9.17) is 16.3 Å². The van der Waals surface area contributed by atoms with Crippen LogP contribution in [0.3, 0.4) is 0 Å². The average Bonchev–Trinajstić information content (AvgIpc) is 3.06. The van der Waals surface area contributed by atoms with Crippen LogP contribution < -0.4 is 10.2 Å². The van der Waals surface area contributed by atoms with Crippen LogP contribution >= 0.6 is 11.6 Å². The Kier molecular flexibility index (Phi) is 5.94. The van der Waals surface area contributed by atoms with Gasteiger partial charge >= 0.3 is 5.97 Å². The molecule has 0 radical (unpaired) electrons. The fraction of sp³-hybridized carbons (Fsp3) is 0.250. The Hall–Kier alpha value is -2.93. The molecule has 0 aliphatic carbocycles. The third kappa shape index (κ3) is 4.31. The van der Waals surface area contributed by atoms with Crippen molar-refractivity contribution >= 4 is 40.8 Å². The molecule has 28 heavy (non-hydrogen) atoms. The number of carbonyl (C=O) groups is 3. The molecule has 1 N–H and O–H groups in total. The lowest BCUT2D eigenvalue weighted by atomic mass is 10.1. The minimum absolute atomic E-state index is 0.0434. The van der Waals surface area contributed by atoms with E-state index in [-0.39, 0.29) is 36.4 Å². The predicted octanol–water partition coefficient (Wildman–Crippen LogP) is 3.65. The van der Waals surface area contributed by atoms with Crippen LogP contribution in [-0.2, 0) is 14.3 Å². The van der Waals surface area contributed by atoms with Gasteiger partial charge in [-0.3, -0.25) is 9.59 Å². The zero-order valence-corrected chi connectivity index (χ0v) is 15.8. The van der Waals surface area contributed by atoms with Crippen LogP contribution in [0.1, 0.15) is 23.7 Å². The number of amides is 2. The predicted molar refractivity (Wildman–Crippen MR) is 103 cm³/mol. The highest BCUT2D eigenvalue weighted by atomic mass is 35.5. The number of benzene rings is 2. The molecule has 1 atom stereocenters.